The Kier molecular flexibility index (Phi) is 6.57. The number of hydrogen-bond donors (Lipinski definition) is 3. The fourth-order valence-electron chi connectivity index (χ4n) is 4.29. The zero-order valence-electron chi connectivity index (χ0n) is 19.1. The molecule has 0 bridgehead atoms. The van der Waals surface area contributed by atoms with Gasteiger partial charge in [0.1, 0.15) is 5.41 Å². The lowest BCUT2D eigenvalue weighted by Gasteiger charge is -2.37. The Balaban J connectivity index is 1.88. The van der Waals surface area contributed by atoms with Crippen molar-refractivity contribution in [1.82, 2.24) is 0 Å². The van der Waals surface area contributed by atoms with Crippen LogP contribution in [0.5, 0.6) is 0 Å². The number of alkyl halides is 3. The molecule has 4 aromatic carbocycles. The van der Waals surface area contributed by atoms with Gasteiger partial charge in [-0.1, -0.05) is 60.7 Å². The van der Waals surface area contributed by atoms with E-state index in [9.17, 15) is 17.8 Å². The molecule has 0 spiro atoms. The van der Waals surface area contributed by atoms with Crippen molar-refractivity contribution in [2.75, 3.05) is 11.5 Å². The van der Waals surface area contributed by atoms with E-state index >= 15 is 13.2 Å². The predicted octanol–water partition coefficient (Wildman–Crippen LogP) is 5.23. The smallest absolute Gasteiger partial charge is 0.399 e. The molecular formula is C27H21F3N2O4S. The van der Waals surface area contributed by atoms with Crippen molar-refractivity contribution >= 4 is 27.3 Å². The van der Waals surface area contributed by atoms with Crippen LogP contribution in [-0.4, -0.2) is 24.9 Å². The number of nitrogen functional groups attached to an aromatic ring is 2. The van der Waals surface area contributed by atoms with Crippen LogP contribution in [-0.2, 0) is 15.5 Å². The number of ketones is 1. The molecule has 0 unspecified atom stereocenters. The Bertz CT molecular complexity index is 1500. The molecule has 0 heterocycles. The molecule has 190 valence electrons. The molecule has 4 rings (SSSR count). The Morgan fingerprint density at radius 2 is 1.11 bits per heavy atom. The summed E-state index contributed by atoms with van der Waals surface area (Å²) >= 11 is 0. The highest BCUT2D eigenvalue weighted by molar-refractivity contribution is 7.85. The van der Waals surface area contributed by atoms with E-state index in [-0.39, 0.29) is 27.8 Å². The highest BCUT2D eigenvalue weighted by atomic mass is 32.2. The van der Waals surface area contributed by atoms with Gasteiger partial charge in [0, 0.05) is 22.5 Å². The van der Waals surface area contributed by atoms with Gasteiger partial charge >= 0.3 is 6.18 Å². The maximum absolute atomic E-state index is 15.1. The van der Waals surface area contributed by atoms with E-state index in [0.29, 0.717) is 11.4 Å². The van der Waals surface area contributed by atoms with Gasteiger partial charge < -0.3 is 11.5 Å². The molecule has 0 aliphatic heterocycles. The summed E-state index contributed by atoms with van der Waals surface area (Å²) in [5.74, 6) is -0.630. The maximum Gasteiger partial charge on any atom is 0.406 e. The summed E-state index contributed by atoms with van der Waals surface area (Å²) in [6.45, 7) is 0. The number of carbonyl (C=O) groups excluding carboxylic acids is 1. The molecule has 0 saturated carbocycles. The number of benzene rings is 4. The van der Waals surface area contributed by atoms with Crippen LogP contribution in [0.1, 0.15) is 32.6 Å². The van der Waals surface area contributed by atoms with Gasteiger partial charge in [0.05, 0.1) is 4.90 Å². The fourth-order valence-corrected chi connectivity index (χ4v) is 4.82. The summed E-state index contributed by atoms with van der Waals surface area (Å²) < 4.78 is 77.4. The summed E-state index contributed by atoms with van der Waals surface area (Å²) in [5.41, 5.74) is 9.10. The largest absolute Gasteiger partial charge is 0.406 e. The number of halogens is 3. The lowest BCUT2D eigenvalue weighted by molar-refractivity contribution is -0.166. The van der Waals surface area contributed by atoms with Gasteiger partial charge in [0.15, 0.2) is 5.78 Å². The van der Waals surface area contributed by atoms with Crippen molar-refractivity contribution in [3.63, 3.8) is 0 Å². The molecule has 0 aliphatic carbocycles. The third kappa shape index (κ3) is 4.81. The molecular weight excluding hydrogens is 505 g/mol. The van der Waals surface area contributed by atoms with Gasteiger partial charge in [0.25, 0.3) is 10.1 Å². The lowest BCUT2D eigenvalue weighted by atomic mass is 9.68. The van der Waals surface area contributed by atoms with Gasteiger partial charge in [-0.05, 0) is 53.1 Å². The number of hydrogen-bond acceptors (Lipinski definition) is 5. The van der Waals surface area contributed by atoms with E-state index in [4.69, 9.17) is 11.5 Å². The Morgan fingerprint density at radius 3 is 1.51 bits per heavy atom. The van der Waals surface area contributed by atoms with Crippen LogP contribution in [0, 0.1) is 0 Å². The molecule has 37 heavy (non-hydrogen) atoms. The minimum absolute atomic E-state index is 0.0296. The second-order valence-electron chi connectivity index (χ2n) is 8.40. The predicted molar refractivity (Wildman–Crippen MR) is 134 cm³/mol. The molecule has 0 radical (unpaired) electrons. The van der Waals surface area contributed by atoms with Crippen LogP contribution < -0.4 is 11.5 Å². The summed E-state index contributed by atoms with van der Waals surface area (Å²) in [4.78, 5) is 12.5. The summed E-state index contributed by atoms with van der Waals surface area (Å²) in [7, 11) is -4.55. The Labute approximate surface area is 211 Å². The molecule has 4 aromatic rings. The first kappa shape index (κ1) is 25.9. The minimum atomic E-state index is -4.81. The van der Waals surface area contributed by atoms with Crippen LogP contribution in [0.4, 0.5) is 24.5 Å². The maximum atomic E-state index is 15.1. The van der Waals surface area contributed by atoms with Crippen LogP contribution in [0.15, 0.2) is 102 Å². The first-order chi connectivity index (χ1) is 17.3. The summed E-state index contributed by atoms with van der Waals surface area (Å²) in [5, 5.41) is 0. The quantitative estimate of drug-likeness (QED) is 0.137. The zero-order chi connectivity index (χ0) is 27.0. The van der Waals surface area contributed by atoms with Crippen molar-refractivity contribution in [3.05, 3.63) is 125 Å². The van der Waals surface area contributed by atoms with Crippen LogP contribution in [0.2, 0.25) is 0 Å². The van der Waals surface area contributed by atoms with Crippen molar-refractivity contribution in [2.45, 2.75) is 16.5 Å². The Morgan fingerprint density at radius 1 is 0.676 bits per heavy atom. The molecule has 0 aromatic heterocycles. The van der Waals surface area contributed by atoms with Crippen molar-refractivity contribution in [1.29, 1.82) is 0 Å². The molecule has 0 fully saturated rings. The van der Waals surface area contributed by atoms with Crippen molar-refractivity contribution in [3.8, 4) is 0 Å². The van der Waals surface area contributed by atoms with E-state index in [0.717, 1.165) is 12.1 Å². The number of rotatable bonds is 6. The molecule has 5 N–H and O–H groups in total. The lowest BCUT2D eigenvalue weighted by Crippen LogP contribution is -2.44. The molecule has 0 aliphatic rings. The standard InChI is InChI=1S/C27H21F3N2O4S/c28-27(29,30)26(20-8-12-22(31)13-9-20,21-10-14-23(32)15-11-21)19-6-4-17(5-7-19)25(33)18-2-1-3-24(16-18)37(34,35)36/h1-16H,31-32H2,(H,34,35,36). The third-order valence-corrected chi connectivity index (χ3v) is 6.94. The number of nitrogens with two attached hydrogens (primary N) is 2. The van der Waals surface area contributed by atoms with Gasteiger partial charge in [-0.2, -0.15) is 21.6 Å². The van der Waals surface area contributed by atoms with Crippen molar-refractivity contribution in [2.24, 2.45) is 0 Å². The average Bonchev–Trinajstić information content (AvgIpc) is 2.85. The number of carbonyl (C=O) groups is 1. The van der Waals surface area contributed by atoms with Gasteiger partial charge in [-0.15, -0.1) is 0 Å². The molecule has 10 heteroatoms. The van der Waals surface area contributed by atoms with Gasteiger partial charge in [-0.3, -0.25) is 9.35 Å². The van der Waals surface area contributed by atoms with E-state index in [1.165, 1.54) is 84.9 Å². The van der Waals surface area contributed by atoms with E-state index in [2.05, 4.69) is 0 Å². The zero-order valence-corrected chi connectivity index (χ0v) is 19.9. The minimum Gasteiger partial charge on any atom is -0.399 e. The van der Waals surface area contributed by atoms with E-state index in [1.54, 1.807) is 0 Å². The van der Waals surface area contributed by atoms with Crippen LogP contribution in [0.3, 0.4) is 0 Å². The Hall–Kier alpha value is -4.15. The highest BCUT2D eigenvalue weighted by Crippen LogP contribution is 2.51. The van der Waals surface area contributed by atoms with Crippen LogP contribution >= 0.6 is 0 Å². The summed E-state index contributed by atoms with van der Waals surface area (Å²) in [6.07, 6.45) is -4.81. The molecule has 0 atom stereocenters. The molecule has 0 saturated heterocycles. The van der Waals surface area contributed by atoms with E-state index < -0.39 is 32.4 Å². The average molecular weight is 527 g/mol. The van der Waals surface area contributed by atoms with Crippen molar-refractivity contribution < 1.29 is 30.9 Å². The van der Waals surface area contributed by atoms with Crippen LogP contribution in [0.25, 0.3) is 0 Å². The second-order valence-corrected chi connectivity index (χ2v) is 9.82. The monoisotopic (exact) mass is 526 g/mol. The van der Waals surface area contributed by atoms with Gasteiger partial charge in [-0.25, -0.2) is 0 Å². The molecule has 6 nitrogen and oxygen atoms in total. The number of anilines is 2. The third-order valence-electron chi connectivity index (χ3n) is 6.09. The fraction of sp³-hybridized carbons (Fsp3) is 0.0741. The first-order valence-electron chi connectivity index (χ1n) is 10.9. The summed E-state index contributed by atoms with van der Waals surface area (Å²) in [6, 6.07) is 20.4. The SMILES string of the molecule is Nc1ccc(C(c2ccc(N)cc2)(c2ccc(C(=O)c3cccc(S(=O)(=O)O)c3)cc2)C(F)(F)F)cc1. The topological polar surface area (TPSA) is 123 Å². The second kappa shape index (κ2) is 9.38. The van der Waals surface area contributed by atoms with Gasteiger partial charge in [0.2, 0.25) is 0 Å². The first-order valence-corrected chi connectivity index (χ1v) is 12.3. The normalized spacial score (nSPS) is 12.3. The van der Waals surface area contributed by atoms with E-state index in [1.807, 2.05) is 0 Å². The molecule has 0 amide bonds. The highest BCUT2D eigenvalue weighted by Gasteiger charge is 2.58.